The Labute approximate surface area is 160 Å². The van der Waals surface area contributed by atoms with E-state index in [1.807, 2.05) is 18.2 Å². The van der Waals surface area contributed by atoms with E-state index in [4.69, 9.17) is 4.74 Å². The molecule has 0 amide bonds. The fourth-order valence-electron chi connectivity index (χ4n) is 3.81. The third-order valence-corrected chi connectivity index (χ3v) is 7.10. The predicted octanol–water partition coefficient (Wildman–Crippen LogP) is 5.97. The van der Waals surface area contributed by atoms with Crippen molar-refractivity contribution in [3.8, 4) is 5.75 Å². The summed E-state index contributed by atoms with van der Waals surface area (Å²) in [5.74, 6) is 1.61. The van der Waals surface area contributed by atoms with E-state index in [1.165, 1.54) is 30.4 Å². The molecule has 1 aliphatic rings. The monoisotopic (exact) mass is 370 g/mol. The maximum absolute atomic E-state index is 13.0. The van der Waals surface area contributed by atoms with Gasteiger partial charge >= 0.3 is 0 Å². The molecule has 26 heavy (non-hydrogen) atoms. The van der Waals surface area contributed by atoms with Crippen LogP contribution in [0.4, 0.5) is 0 Å². The number of benzene rings is 2. The van der Waals surface area contributed by atoms with Crippen molar-refractivity contribution in [2.75, 3.05) is 6.61 Å². The first-order valence-corrected chi connectivity index (χ1v) is 11.0. The van der Waals surface area contributed by atoms with E-state index in [0.29, 0.717) is 5.92 Å². The van der Waals surface area contributed by atoms with E-state index in [2.05, 4.69) is 39.8 Å². The summed E-state index contributed by atoms with van der Waals surface area (Å²) in [5, 5.41) is 0. The minimum absolute atomic E-state index is 0.611. The Morgan fingerprint density at radius 1 is 1.15 bits per heavy atom. The maximum Gasteiger partial charge on any atom is 0.125 e. The van der Waals surface area contributed by atoms with Crippen LogP contribution in [0.1, 0.15) is 61.8 Å². The average Bonchev–Trinajstić information content (AvgIpc) is 2.65. The van der Waals surface area contributed by atoms with Gasteiger partial charge in [0.15, 0.2) is 0 Å². The smallest absolute Gasteiger partial charge is 0.125 e. The second-order valence-electron chi connectivity index (χ2n) is 7.41. The molecule has 0 spiro atoms. The molecular formula is C23H30O2S. The average molecular weight is 371 g/mol. The van der Waals surface area contributed by atoms with Crippen LogP contribution in [-0.2, 0) is 17.2 Å². The van der Waals surface area contributed by atoms with Crippen LogP contribution in [0, 0.1) is 19.8 Å². The van der Waals surface area contributed by atoms with Crippen molar-refractivity contribution in [1.29, 1.82) is 0 Å². The molecular weight excluding hydrogens is 340 g/mol. The number of ether oxygens (including phenoxy) is 1. The van der Waals surface area contributed by atoms with E-state index < -0.39 is 10.8 Å². The molecule has 3 heteroatoms. The third-order valence-electron chi connectivity index (χ3n) is 5.54. The number of unbranched alkanes of at least 4 members (excludes halogenated alkanes) is 1. The van der Waals surface area contributed by atoms with Gasteiger partial charge in [0.2, 0.25) is 0 Å². The molecule has 1 heterocycles. The molecule has 0 aromatic heterocycles. The number of fused-ring (bicyclic) bond motifs is 2. The molecule has 2 nitrogen and oxygen atoms in total. The van der Waals surface area contributed by atoms with Gasteiger partial charge in [0.25, 0.3) is 0 Å². The summed E-state index contributed by atoms with van der Waals surface area (Å²) < 4.78 is 19.3. The van der Waals surface area contributed by atoms with Crippen molar-refractivity contribution < 1.29 is 8.95 Å². The third kappa shape index (κ3) is 3.73. The molecule has 0 saturated carbocycles. The Balaban J connectivity index is 1.88. The van der Waals surface area contributed by atoms with Crippen molar-refractivity contribution in [3.63, 3.8) is 0 Å². The first-order chi connectivity index (χ1) is 12.6. The van der Waals surface area contributed by atoms with E-state index >= 15 is 0 Å². The molecule has 2 aromatic carbocycles. The lowest BCUT2D eigenvalue weighted by Crippen LogP contribution is -2.15. The summed E-state index contributed by atoms with van der Waals surface area (Å²) in [6.45, 7) is 9.46. The second kappa shape index (κ2) is 8.39. The van der Waals surface area contributed by atoms with Gasteiger partial charge in [-0.05, 0) is 60.6 Å². The summed E-state index contributed by atoms with van der Waals surface area (Å²) >= 11 is 0. The Bertz CT molecular complexity index is 810. The highest BCUT2D eigenvalue weighted by Crippen LogP contribution is 2.38. The molecule has 0 fully saturated rings. The molecule has 140 valence electrons. The molecule has 0 bridgehead atoms. The van der Waals surface area contributed by atoms with Crippen LogP contribution >= 0.6 is 0 Å². The van der Waals surface area contributed by atoms with Gasteiger partial charge in [-0.2, -0.15) is 0 Å². The van der Waals surface area contributed by atoms with Gasteiger partial charge in [0.05, 0.1) is 17.4 Å². The van der Waals surface area contributed by atoms with Crippen LogP contribution in [0.25, 0.3) is 0 Å². The summed E-state index contributed by atoms with van der Waals surface area (Å²) in [7, 11) is -1.09. The molecule has 1 aliphatic heterocycles. The topological polar surface area (TPSA) is 26.3 Å². The lowest BCUT2D eigenvalue weighted by molar-refractivity contribution is 0.230. The van der Waals surface area contributed by atoms with Gasteiger partial charge < -0.3 is 4.74 Å². The highest BCUT2D eigenvalue weighted by atomic mass is 32.2. The second-order valence-corrected chi connectivity index (χ2v) is 8.82. The van der Waals surface area contributed by atoms with Crippen LogP contribution in [0.5, 0.6) is 5.75 Å². The summed E-state index contributed by atoms with van der Waals surface area (Å²) in [6.07, 6.45) is 5.72. The lowest BCUT2D eigenvalue weighted by Gasteiger charge is -2.25. The Morgan fingerprint density at radius 3 is 2.65 bits per heavy atom. The summed E-state index contributed by atoms with van der Waals surface area (Å²) in [4.78, 5) is 1.92. The lowest BCUT2D eigenvalue weighted by atomic mass is 9.96. The van der Waals surface area contributed by atoms with E-state index in [9.17, 15) is 4.21 Å². The van der Waals surface area contributed by atoms with Crippen LogP contribution in [0.2, 0.25) is 0 Å². The molecule has 3 rings (SSSR count). The van der Waals surface area contributed by atoms with E-state index in [0.717, 1.165) is 46.1 Å². The van der Waals surface area contributed by atoms with Crippen LogP contribution in [0.15, 0.2) is 40.1 Å². The van der Waals surface area contributed by atoms with Crippen LogP contribution in [-0.4, -0.2) is 10.8 Å². The molecule has 2 unspecified atom stereocenters. The van der Waals surface area contributed by atoms with E-state index in [1.54, 1.807) is 0 Å². The van der Waals surface area contributed by atoms with Crippen molar-refractivity contribution in [1.82, 2.24) is 0 Å². The largest absolute Gasteiger partial charge is 0.493 e. The van der Waals surface area contributed by atoms with Crippen LogP contribution < -0.4 is 4.74 Å². The quantitative estimate of drug-likeness (QED) is 0.512. The van der Waals surface area contributed by atoms with Gasteiger partial charge in [0.1, 0.15) is 5.75 Å². The highest BCUT2D eigenvalue weighted by Gasteiger charge is 2.26. The number of hydrogen-bond acceptors (Lipinski definition) is 2. The fourth-order valence-corrected chi connectivity index (χ4v) is 5.36. The molecule has 0 saturated heterocycles. The Hall–Kier alpha value is -1.61. The maximum atomic E-state index is 13.0. The van der Waals surface area contributed by atoms with E-state index in [-0.39, 0.29) is 0 Å². The number of hydrogen-bond donors (Lipinski definition) is 0. The normalized spacial score (nSPS) is 16.7. The minimum atomic E-state index is -1.09. The standard InChI is InChI=1S/C23H30O2S/c1-5-7-10-18(6-2)15-25-23-16(3)13-22-20(17(23)4)14-19-11-8-9-12-21(19)26(22)24/h8-9,11-13,18H,5-7,10,14-15H2,1-4H3. The zero-order valence-electron chi connectivity index (χ0n) is 16.4. The number of rotatable bonds is 7. The first kappa shape index (κ1) is 19.2. The highest BCUT2D eigenvalue weighted by molar-refractivity contribution is 7.85. The zero-order valence-corrected chi connectivity index (χ0v) is 17.2. The van der Waals surface area contributed by atoms with Crippen molar-refractivity contribution >= 4 is 10.8 Å². The minimum Gasteiger partial charge on any atom is -0.493 e. The van der Waals surface area contributed by atoms with Gasteiger partial charge in [-0.15, -0.1) is 0 Å². The fraction of sp³-hybridized carbons (Fsp3) is 0.478. The van der Waals surface area contributed by atoms with Gasteiger partial charge in [0, 0.05) is 16.2 Å². The van der Waals surface area contributed by atoms with Crippen LogP contribution in [0.3, 0.4) is 0 Å². The van der Waals surface area contributed by atoms with Crippen molar-refractivity contribution in [2.45, 2.75) is 69.6 Å². The Kier molecular flexibility index (Phi) is 6.18. The molecule has 2 aromatic rings. The summed E-state index contributed by atoms with van der Waals surface area (Å²) in [5.41, 5.74) is 4.61. The molecule has 0 radical (unpaired) electrons. The van der Waals surface area contributed by atoms with Crippen molar-refractivity contribution in [3.05, 3.63) is 52.6 Å². The summed E-state index contributed by atoms with van der Waals surface area (Å²) in [6, 6.07) is 10.2. The molecule has 0 N–H and O–H groups in total. The SMILES string of the molecule is CCCCC(CC)COc1c(C)cc2c(c1C)Cc1ccccc1S2=O. The van der Waals surface area contributed by atoms with Gasteiger partial charge in [-0.3, -0.25) is 0 Å². The number of aryl methyl sites for hydroxylation is 1. The Morgan fingerprint density at radius 2 is 1.92 bits per heavy atom. The van der Waals surface area contributed by atoms with Gasteiger partial charge in [-0.1, -0.05) is 51.3 Å². The van der Waals surface area contributed by atoms with Crippen molar-refractivity contribution in [2.24, 2.45) is 5.92 Å². The zero-order chi connectivity index (χ0) is 18.7. The van der Waals surface area contributed by atoms with Gasteiger partial charge in [-0.25, -0.2) is 4.21 Å². The predicted molar refractivity (Wildman–Crippen MR) is 109 cm³/mol. The molecule has 2 atom stereocenters. The molecule has 0 aliphatic carbocycles. The first-order valence-electron chi connectivity index (χ1n) is 9.82.